The quantitative estimate of drug-likeness (QED) is 0.385. The van der Waals surface area contributed by atoms with Crippen LogP contribution in [0.15, 0.2) is 28.4 Å². The average Bonchev–Trinajstić information content (AvgIpc) is 2.51. The van der Waals surface area contributed by atoms with E-state index >= 15 is 0 Å². The molecule has 0 saturated carbocycles. The lowest BCUT2D eigenvalue weighted by atomic mass is 9.99. The summed E-state index contributed by atoms with van der Waals surface area (Å²) in [5.74, 6) is -0.246. The molecule has 0 aromatic heterocycles. The predicted molar refractivity (Wildman–Crippen MR) is 89.9 cm³/mol. The van der Waals surface area contributed by atoms with Crippen molar-refractivity contribution in [1.29, 1.82) is 0 Å². The zero-order valence-electron chi connectivity index (χ0n) is 13.0. The third-order valence-electron chi connectivity index (χ3n) is 3.52. The summed E-state index contributed by atoms with van der Waals surface area (Å²) in [4.78, 5) is 0. The van der Waals surface area contributed by atoms with E-state index in [1.54, 1.807) is 12.1 Å². The predicted octanol–water partition coefficient (Wildman–Crippen LogP) is 0.907. The van der Waals surface area contributed by atoms with Gasteiger partial charge < -0.3 is 30.6 Å². The largest absolute Gasteiger partial charge is 0.509 e. The summed E-state index contributed by atoms with van der Waals surface area (Å²) in [5, 5.41) is 57.0. The average molecular weight is 391 g/mol. The lowest BCUT2D eigenvalue weighted by Crippen LogP contribution is -2.46. The number of aliphatic hydroxyl groups is 6. The second-order valence-corrected chi connectivity index (χ2v) is 6.54. The summed E-state index contributed by atoms with van der Waals surface area (Å²) in [6.07, 6.45) is -5.80. The van der Waals surface area contributed by atoms with Gasteiger partial charge in [0.25, 0.3) is 0 Å². The first kappa shape index (κ1) is 20.1. The number of hydrogen-bond acceptors (Lipinski definition) is 6. The van der Waals surface area contributed by atoms with E-state index in [-0.39, 0.29) is 0 Å². The van der Waals surface area contributed by atoms with Crippen LogP contribution in [0.4, 0.5) is 0 Å². The maximum Gasteiger partial charge on any atom is 0.139 e. The molecule has 4 atom stereocenters. The summed E-state index contributed by atoms with van der Waals surface area (Å²) in [7, 11) is 0. The van der Waals surface area contributed by atoms with Gasteiger partial charge in [0.05, 0.1) is 6.61 Å². The van der Waals surface area contributed by atoms with Gasteiger partial charge in [-0.3, -0.25) is 0 Å². The highest BCUT2D eigenvalue weighted by Crippen LogP contribution is 2.26. The molecule has 7 heteroatoms. The van der Waals surface area contributed by atoms with Gasteiger partial charge in [0, 0.05) is 4.47 Å². The lowest BCUT2D eigenvalue weighted by molar-refractivity contribution is -0.112. The Labute approximate surface area is 143 Å². The van der Waals surface area contributed by atoms with Crippen molar-refractivity contribution in [2.45, 2.75) is 44.2 Å². The Hall–Kier alpha value is -0.960. The van der Waals surface area contributed by atoms with Crippen LogP contribution in [-0.4, -0.2) is 61.7 Å². The number of halogens is 1. The molecule has 0 aliphatic heterocycles. The summed E-state index contributed by atoms with van der Waals surface area (Å²) in [6, 6.07) is 5.37. The molecular weight excluding hydrogens is 368 g/mol. The molecule has 0 radical (unpaired) electrons. The maximum absolute atomic E-state index is 9.89. The van der Waals surface area contributed by atoms with Crippen LogP contribution in [0.3, 0.4) is 0 Å². The van der Waals surface area contributed by atoms with Crippen LogP contribution in [0.25, 0.3) is 6.08 Å². The Kier molecular flexibility index (Phi) is 7.66. The molecule has 0 aliphatic rings. The molecule has 23 heavy (non-hydrogen) atoms. The van der Waals surface area contributed by atoms with Gasteiger partial charge in [0.1, 0.15) is 30.2 Å². The molecule has 0 fully saturated rings. The van der Waals surface area contributed by atoms with E-state index in [1.165, 1.54) is 6.08 Å². The highest BCUT2D eigenvalue weighted by atomic mass is 79.9. The summed E-state index contributed by atoms with van der Waals surface area (Å²) < 4.78 is 0.847. The fraction of sp³-hybridized carbons (Fsp3) is 0.500. The third-order valence-corrected chi connectivity index (χ3v) is 4.21. The van der Waals surface area contributed by atoms with Crippen LogP contribution in [0, 0.1) is 0 Å². The first-order chi connectivity index (χ1) is 10.7. The molecule has 0 saturated heterocycles. The smallest absolute Gasteiger partial charge is 0.139 e. The van der Waals surface area contributed by atoms with Crippen molar-refractivity contribution in [2.24, 2.45) is 0 Å². The Morgan fingerprint density at radius 2 is 1.74 bits per heavy atom. The molecule has 1 aromatic rings. The fourth-order valence-electron chi connectivity index (χ4n) is 2.05. The van der Waals surface area contributed by atoms with Gasteiger partial charge in [0.15, 0.2) is 0 Å². The van der Waals surface area contributed by atoms with Crippen molar-refractivity contribution in [3.63, 3.8) is 0 Å². The minimum absolute atomic E-state index is 0.318. The maximum atomic E-state index is 9.89. The van der Waals surface area contributed by atoms with Gasteiger partial charge in [-0.1, -0.05) is 41.9 Å². The molecule has 0 aliphatic carbocycles. The number of benzene rings is 1. The molecule has 6 nitrogen and oxygen atoms in total. The van der Waals surface area contributed by atoms with E-state index in [9.17, 15) is 25.5 Å². The third kappa shape index (κ3) is 5.27. The molecule has 0 heterocycles. The molecular formula is C16H23BrO6. The van der Waals surface area contributed by atoms with Gasteiger partial charge in [-0.25, -0.2) is 0 Å². The van der Waals surface area contributed by atoms with Crippen LogP contribution in [0.1, 0.15) is 30.9 Å². The zero-order chi connectivity index (χ0) is 17.7. The van der Waals surface area contributed by atoms with Crippen molar-refractivity contribution in [3.8, 4) is 0 Å². The van der Waals surface area contributed by atoms with E-state index < -0.39 is 36.8 Å². The Morgan fingerprint density at radius 3 is 2.22 bits per heavy atom. The highest BCUT2D eigenvalue weighted by Gasteiger charge is 2.32. The van der Waals surface area contributed by atoms with Crippen LogP contribution >= 0.6 is 15.9 Å². The van der Waals surface area contributed by atoms with E-state index in [0.29, 0.717) is 11.5 Å². The SMILES string of the molecule is CC(C)c1ccc(C=C(O)[C@H](O)[C@@H](O)[C@H](O)[C@H](O)CO)cc1Br. The fourth-order valence-corrected chi connectivity index (χ4v) is 2.91. The molecule has 0 spiro atoms. The number of hydrogen-bond donors (Lipinski definition) is 6. The minimum Gasteiger partial charge on any atom is -0.509 e. The van der Waals surface area contributed by atoms with E-state index in [4.69, 9.17) is 5.11 Å². The van der Waals surface area contributed by atoms with Gasteiger partial charge in [-0.2, -0.15) is 0 Å². The Balaban J connectivity index is 2.93. The molecule has 1 rings (SSSR count). The second kappa shape index (κ2) is 8.77. The molecule has 0 bridgehead atoms. The van der Waals surface area contributed by atoms with E-state index in [1.807, 2.05) is 19.9 Å². The van der Waals surface area contributed by atoms with Crippen LogP contribution in [-0.2, 0) is 0 Å². The standard InChI is InChI=1S/C16H23BrO6/c1-8(2)10-4-3-9(5-11(10)17)6-12(19)14(21)16(23)15(22)13(20)7-18/h3-6,8,13-16,18-23H,7H2,1-2H3/t13-,14+,15-,16-/m1/s1. The van der Waals surface area contributed by atoms with Crippen molar-refractivity contribution >= 4 is 22.0 Å². The molecule has 6 N–H and O–H groups in total. The summed E-state index contributed by atoms with van der Waals surface area (Å²) in [5.41, 5.74) is 1.67. The summed E-state index contributed by atoms with van der Waals surface area (Å²) in [6.45, 7) is 3.31. The molecule has 130 valence electrons. The van der Waals surface area contributed by atoms with Crippen LogP contribution < -0.4 is 0 Å². The van der Waals surface area contributed by atoms with Crippen molar-refractivity contribution in [3.05, 3.63) is 39.6 Å². The summed E-state index contributed by atoms with van der Waals surface area (Å²) >= 11 is 3.43. The normalized spacial score (nSPS) is 17.9. The topological polar surface area (TPSA) is 121 Å². The first-order valence-electron chi connectivity index (χ1n) is 7.22. The highest BCUT2D eigenvalue weighted by molar-refractivity contribution is 9.10. The van der Waals surface area contributed by atoms with Crippen LogP contribution in [0.2, 0.25) is 0 Å². The second-order valence-electron chi connectivity index (χ2n) is 5.68. The molecule has 1 aromatic carbocycles. The van der Waals surface area contributed by atoms with Crippen LogP contribution in [0.5, 0.6) is 0 Å². The minimum atomic E-state index is -1.84. The zero-order valence-corrected chi connectivity index (χ0v) is 14.6. The van der Waals surface area contributed by atoms with E-state index in [2.05, 4.69) is 15.9 Å². The Morgan fingerprint density at radius 1 is 1.13 bits per heavy atom. The first-order valence-corrected chi connectivity index (χ1v) is 8.01. The molecule has 0 amide bonds. The molecule has 0 unspecified atom stereocenters. The van der Waals surface area contributed by atoms with Gasteiger partial charge >= 0.3 is 0 Å². The van der Waals surface area contributed by atoms with E-state index in [0.717, 1.165) is 10.0 Å². The van der Waals surface area contributed by atoms with Crippen molar-refractivity contribution < 1.29 is 30.6 Å². The van der Waals surface area contributed by atoms with Gasteiger partial charge in [-0.15, -0.1) is 0 Å². The number of rotatable bonds is 7. The lowest BCUT2D eigenvalue weighted by Gasteiger charge is -2.25. The van der Waals surface area contributed by atoms with Gasteiger partial charge in [-0.05, 0) is 29.2 Å². The van der Waals surface area contributed by atoms with Gasteiger partial charge in [0.2, 0.25) is 0 Å². The monoisotopic (exact) mass is 390 g/mol. The van der Waals surface area contributed by atoms with Crippen molar-refractivity contribution in [2.75, 3.05) is 6.61 Å². The Bertz CT molecular complexity index is 545. The van der Waals surface area contributed by atoms with Crippen molar-refractivity contribution in [1.82, 2.24) is 0 Å². The number of aliphatic hydroxyl groups excluding tert-OH is 6.